The minimum atomic E-state index is -4.24. The molecule has 13 heteroatoms. The van der Waals surface area contributed by atoms with Gasteiger partial charge in [0.15, 0.2) is 0 Å². The van der Waals surface area contributed by atoms with Crippen LogP contribution in [0.5, 0.6) is 11.5 Å². The number of anilines is 2. The van der Waals surface area contributed by atoms with E-state index in [0.29, 0.717) is 13.1 Å². The van der Waals surface area contributed by atoms with Gasteiger partial charge in [0.05, 0.1) is 30.5 Å². The highest BCUT2D eigenvalue weighted by Crippen LogP contribution is 2.36. The summed E-state index contributed by atoms with van der Waals surface area (Å²) in [5.41, 5.74) is 0.0352. The maximum atomic E-state index is 13.3. The summed E-state index contributed by atoms with van der Waals surface area (Å²) in [5, 5.41) is 0. The second-order valence-electron chi connectivity index (χ2n) is 8.39. The van der Waals surface area contributed by atoms with Crippen LogP contribution >= 0.6 is 0 Å². The van der Waals surface area contributed by atoms with Crippen molar-refractivity contribution in [2.24, 2.45) is 0 Å². The van der Waals surface area contributed by atoms with Gasteiger partial charge in [-0.1, -0.05) is 6.42 Å². The van der Waals surface area contributed by atoms with Gasteiger partial charge in [-0.15, -0.1) is 0 Å². The zero-order valence-corrected chi connectivity index (χ0v) is 21.5. The molecule has 2 aliphatic rings. The molecule has 0 atom stereocenters. The van der Waals surface area contributed by atoms with Crippen molar-refractivity contribution in [2.45, 2.75) is 41.9 Å². The highest BCUT2D eigenvalue weighted by molar-refractivity contribution is 7.92. The van der Waals surface area contributed by atoms with Gasteiger partial charge in [0.1, 0.15) is 16.4 Å². The van der Waals surface area contributed by atoms with E-state index in [1.54, 1.807) is 0 Å². The number of ether oxygens (including phenoxy) is 2. The van der Waals surface area contributed by atoms with Crippen LogP contribution in [0.1, 0.15) is 32.1 Å². The van der Waals surface area contributed by atoms with Crippen LogP contribution in [0.2, 0.25) is 0 Å². The summed E-state index contributed by atoms with van der Waals surface area (Å²) in [4.78, 5) is 25.0. The third-order valence-corrected chi connectivity index (χ3v) is 9.40. The fourth-order valence-electron chi connectivity index (χ4n) is 4.26. The fourth-order valence-corrected chi connectivity index (χ4v) is 7.02. The third kappa shape index (κ3) is 4.90. The summed E-state index contributed by atoms with van der Waals surface area (Å²) in [6.07, 6.45) is 2.49. The molecule has 4 rings (SSSR count). The number of methoxy groups -OCH3 is 2. The van der Waals surface area contributed by atoms with Gasteiger partial charge in [-0.2, -0.15) is 4.31 Å². The minimum Gasteiger partial charge on any atom is -0.495 e. The van der Waals surface area contributed by atoms with Crippen molar-refractivity contribution in [1.29, 1.82) is 0 Å². The molecule has 2 amide bonds. The molecule has 0 aromatic heterocycles. The highest BCUT2D eigenvalue weighted by Gasteiger charge is 2.34. The molecule has 0 radical (unpaired) electrons. The lowest BCUT2D eigenvalue weighted by Gasteiger charge is -2.26. The van der Waals surface area contributed by atoms with Gasteiger partial charge in [0.25, 0.3) is 10.0 Å². The van der Waals surface area contributed by atoms with E-state index in [2.05, 4.69) is 4.72 Å². The molecule has 0 unspecified atom stereocenters. The number of benzene rings is 2. The normalized spacial score (nSPS) is 17.3. The molecule has 0 bridgehead atoms. The molecule has 0 spiro atoms. The maximum absolute atomic E-state index is 13.3. The topological polar surface area (TPSA) is 139 Å². The van der Waals surface area contributed by atoms with E-state index in [1.807, 2.05) is 0 Å². The average molecular weight is 538 g/mol. The smallest absolute Gasteiger partial charge is 0.261 e. The van der Waals surface area contributed by atoms with Crippen molar-refractivity contribution in [3.63, 3.8) is 0 Å². The molecule has 1 N–H and O–H groups in total. The van der Waals surface area contributed by atoms with Crippen LogP contribution in [0.3, 0.4) is 0 Å². The van der Waals surface area contributed by atoms with Crippen molar-refractivity contribution >= 4 is 43.2 Å². The second-order valence-corrected chi connectivity index (χ2v) is 12.0. The molecule has 2 saturated heterocycles. The predicted molar refractivity (Wildman–Crippen MR) is 131 cm³/mol. The number of rotatable bonds is 8. The monoisotopic (exact) mass is 537 g/mol. The van der Waals surface area contributed by atoms with Crippen LogP contribution in [0.15, 0.2) is 46.2 Å². The van der Waals surface area contributed by atoms with E-state index in [4.69, 9.17) is 9.47 Å². The number of carbonyl (C=O) groups excluding carboxylic acids is 2. The van der Waals surface area contributed by atoms with Gasteiger partial charge in [0.2, 0.25) is 21.8 Å². The van der Waals surface area contributed by atoms with Crippen molar-refractivity contribution in [3.05, 3.63) is 36.4 Å². The van der Waals surface area contributed by atoms with Crippen LogP contribution in [0.25, 0.3) is 0 Å². The molecule has 2 aliphatic heterocycles. The Kier molecular flexibility index (Phi) is 7.25. The summed E-state index contributed by atoms with van der Waals surface area (Å²) in [5.74, 6) is -0.648. The number of nitrogens with zero attached hydrogens (tertiary/aromatic N) is 2. The summed E-state index contributed by atoms with van der Waals surface area (Å²) >= 11 is 0. The largest absolute Gasteiger partial charge is 0.495 e. The quantitative estimate of drug-likeness (QED) is 0.506. The lowest BCUT2D eigenvalue weighted by atomic mass is 10.2. The highest BCUT2D eigenvalue weighted by atomic mass is 32.2. The Hall–Kier alpha value is -3.16. The Bertz CT molecular complexity index is 1380. The van der Waals surface area contributed by atoms with Crippen LogP contribution in [-0.2, 0) is 29.6 Å². The van der Waals surface area contributed by atoms with Crippen molar-refractivity contribution in [1.82, 2.24) is 4.31 Å². The van der Waals surface area contributed by atoms with Gasteiger partial charge < -0.3 is 9.47 Å². The number of carbonyl (C=O) groups is 2. The Morgan fingerprint density at radius 1 is 0.806 bits per heavy atom. The number of amides is 2. The van der Waals surface area contributed by atoms with Gasteiger partial charge in [-0.05, 0) is 49.2 Å². The van der Waals surface area contributed by atoms with Gasteiger partial charge in [-0.3, -0.25) is 14.3 Å². The minimum absolute atomic E-state index is 0.0112. The summed E-state index contributed by atoms with van der Waals surface area (Å²) < 4.78 is 67.2. The van der Waals surface area contributed by atoms with Crippen LogP contribution < -0.4 is 19.1 Å². The molecule has 11 nitrogen and oxygen atoms in total. The standard InChI is InChI=1S/C23H27N3O8S2/c1-33-19-9-7-17(15-18(19)26-22(27)10-11-23(26)28)35(29,30)24-16-6-8-20(34-2)21(14-16)36(31,32)25-12-4-3-5-13-25/h6-9,14-15,24H,3-5,10-13H2,1-2H3. The van der Waals surface area contributed by atoms with E-state index >= 15 is 0 Å². The second kappa shape index (κ2) is 10.1. The van der Waals surface area contributed by atoms with E-state index in [-0.39, 0.29) is 45.5 Å². The number of hydrogen-bond donors (Lipinski definition) is 1. The maximum Gasteiger partial charge on any atom is 0.261 e. The van der Waals surface area contributed by atoms with Gasteiger partial charge in [-0.25, -0.2) is 21.7 Å². The van der Waals surface area contributed by atoms with Crippen LogP contribution in [-0.4, -0.2) is 60.3 Å². The third-order valence-electron chi connectivity index (χ3n) is 6.10. The van der Waals surface area contributed by atoms with Gasteiger partial charge in [0, 0.05) is 25.9 Å². The van der Waals surface area contributed by atoms with Crippen LogP contribution in [0.4, 0.5) is 11.4 Å². The number of sulfonamides is 2. The van der Waals surface area contributed by atoms with E-state index in [0.717, 1.165) is 24.2 Å². The van der Waals surface area contributed by atoms with E-state index in [9.17, 15) is 26.4 Å². The molecule has 36 heavy (non-hydrogen) atoms. The Morgan fingerprint density at radius 2 is 1.42 bits per heavy atom. The molecular weight excluding hydrogens is 510 g/mol. The first-order valence-electron chi connectivity index (χ1n) is 11.3. The molecule has 2 aromatic rings. The zero-order valence-electron chi connectivity index (χ0n) is 19.9. The molecule has 2 fully saturated rings. The number of nitrogens with one attached hydrogen (secondary N) is 1. The molecular formula is C23H27N3O8S2. The molecule has 0 aliphatic carbocycles. The predicted octanol–water partition coefficient (Wildman–Crippen LogP) is 2.33. The van der Waals surface area contributed by atoms with Gasteiger partial charge >= 0.3 is 0 Å². The molecule has 2 aromatic carbocycles. The van der Waals surface area contributed by atoms with E-state index in [1.165, 1.54) is 54.9 Å². The summed E-state index contributed by atoms with van der Waals surface area (Å²) in [7, 11) is -5.46. The summed E-state index contributed by atoms with van der Waals surface area (Å²) in [6.45, 7) is 0.758. The summed E-state index contributed by atoms with van der Waals surface area (Å²) in [6, 6.07) is 7.79. The number of hydrogen-bond acceptors (Lipinski definition) is 8. The number of imide groups is 1. The number of piperidine rings is 1. The molecule has 2 heterocycles. The first-order chi connectivity index (χ1) is 17.1. The Balaban J connectivity index is 1.69. The average Bonchev–Trinajstić information content (AvgIpc) is 3.21. The van der Waals surface area contributed by atoms with Crippen molar-refractivity contribution in [2.75, 3.05) is 36.9 Å². The molecule has 0 saturated carbocycles. The van der Waals surface area contributed by atoms with Crippen molar-refractivity contribution < 1.29 is 35.9 Å². The Morgan fingerprint density at radius 3 is 2.03 bits per heavy atom. The lowest BCUT2D eigenvalue weighted by Crippen LogP contribution is -2.35. The molecule has 194 valence electrons. The zero-order chi connectivity index (χ0) is 26.1. The first kappa shape index (κ1) is 25.9. The SMILES string of the molecule is COc1ccc(S(=O)(=O)Nc2ccc(OC)c(S(=O)(=O)N3CCCCC3)c2)cc1N1C(=O)CCC1=O. The first-order valence-corrected chi connectivity index (χ1v) is 14.3. The van der Waals surface area contributed by atoms with E-state index < -0.39 is 31.9 Å². The Labute approximate surface area is 210 Å². The lowest BCUT2D eigenvalue weighted by molar-refractivity contribution is -0.121. The van der Waals surface area contributed by atoms with Crippen LogP contribution in [0, 0.1) is 0 Å². The van der Waals surface area contributed by atoms with Crippen molar-refractivity contribution in [3.8, 4) is 11.5 Å². The fraction of sp³-hybridized carbons (Fsp3) is 0.391.